The minimum atomic E-state index is -4.56. The summed E-state index contributed by atoms with van der Waals surface area (Å²) in [4.78, 5) is 21.5. The molecule has 0 bridgehead atoms. The van der Waals surface area contributed by atoms with Gasteiger partial charge in [0, 0.05) is 18.8 Å². The molecule has 2 heterocycles. The SMILES string of the molecule is O=c1[nH]c(-c2nccnc2Cc2ccc(Cl)c(C(F)(F)F)c2)no1. The molecule has 3 rings (SSSR count). The summed E-state index contributed by atoms with van der Waals surface area (Å²) in [5.74, 6) is -0.722. The number of nitrogens with zero attached hydrogens (tertiary/aromatic N) is 3. The molecule has 10 heteroatoms. The van der Waals surface area contributed by atoms with Gasteiger partial charge in [-0.15, -0.1) is 0 Å². The van der Waals surface area contributed by atoms with Crippen LogP contribution in [0.15, 0.2) is 39.9 Å². The maximum Gasteiger partial charge on any atom is 0.439 e. The second kappa shape index (κ2) is 6.08. The molecule has 0 fully saturated rings. The van der Waals surface area contributed by atoms with Crippen molar-refractivity contribution in [2.45, 2.75) is 12.6 Å². The maximum absolute atomic E-state index is 12.9. The normalized spacial score (nSPS) is 11.7. The molecule has 3 aromatic rings. The van der Waals surface area contributed by atoms with E-state index >= 15 is 0 Å². The van der Waals surface area contributed by atoms with Gasteiger partial charge in [0.25, 0.3) is 0 Å². The van der Waals surface area contributed by atoms with E-state index in [9.17, 15) is 18.0 Å². The summed E-state index contributed by atoms with van der Waals surface area (Å²) in [6.07, 6.45) is -1.76. The third-order valence-electron chi connectivity index (χ3n) is 3.15. The zero-order valence-corrected chi connectivity index (χ0v) is 12.5. The summed E-state index contributed by atoms with van der Waals surface area (Å²) in [5.41, 5.74) is -0.0503. The van der Waals surface area contributed by atoms with E-state index in [-0.39, 0.29) is 23.0 Å². The van der Waals surface area contributed by atoms with Gasteiger partial charge in [0.1, 0.15) is 5.69 Å². The third-order valence-corrected chi connectivity index (χ3v) is 3.48. The van der Waals surface area contributed by atoms with Crippen LogP contribution in [0.4, 0.5) is 13.2 Å². The van der Waals surface area contributed by atoms with E-state index in [1.165, 1.54) is 24.5 Å². The van der Waals surface area contributed by atoms with E-state index in [1.54, 1.807) is 0 Å². The summed E-state index contributed by atoms with van der Waals surface area (Å²) in [6, 6.07) is 3.58. The molecule has 0 saturated heterocycles. The predicted octanol–water partition coefficient (Wildman–Crippen LogP) is 3.08. The van der Waals surface area contributed by atoms with Gasteiger partial charge < -0.3 is 0 Å². The number of rotatable bonds is 3. The predicted molar refractivity (Wildman–Crippen MR) is 77.4 cm³/mol. The summed E-state index contributed by atoms with van der Waals surface area (Å²) < 4.78 is 43.2. The van der Waals surface area contributed by atoms with Crippen molar-refractivity contribution in [2.24, 2.45) is 0 Å². The zero-order chi connectivity index (χ0) is 17.3. The molecule has 124 valence electrons. The molecule has 0 aliphatic carbocycles. The quantitative estimate of drug-likeness (QED) is 0.779. The van der Waals surface area contributed by atoms with Crippen molar-refractivity contribution in [2.75, 3.05) is 0 Å². The molecule has 0 amide bonds. The first kappa shape index (κ1) is 16.2. The average molecular weight is 357 g/mol. The van der Waals surface area contributed by atoms with Crippen molar-refractivity contribution in [3.05, 3.63) is 63.0 Å². The van der Waals surface area contributed by atoms with Crippen LogP contribution in [-0.2, 0) is 12.6 Å². The highest BCUT2D eigenvalue weighted by molar-refractivity contribution is 6.31. The van der Waals surface area contributed by atoms with Crippen LogP contribution in [0.1, 0.15) is 16.8 Å². The van der Waals surface area contributed by atoms with Gasteiger partial charge in [-0.2, -0.15) is 13.2 Å². The minimum absolute atomic E-state index is 0.0400. The van der Waals surface area contributed by atoms with Gasteiger partial charge in [-0.25, -0.2) is 9.78 Å². The molecular weight excluding hydrogens is 349 g/mol. The van der Waals surface area contributed by atoms with Crippen LogP contribution in [0.2, 0.25) is 5.02 Å². The zero-order valence-electron chi connectivity index (χ0n) is 11.8. The monoisotopic (exact) mass is 356 g/mol. The van der Waals surface area contributed by atoms with Gasteiger partial charge in [-0.05, 0) is 17.7 Å². The first-order valence-electron chi connectivity index (χ1n) is 6.56. The number of nitrogens with one attached hydrogen (secondary N) is 1. The smallest absolute Gasteiger partial charge is 0.296 e. The van der Waals surface area contributed by atoms with Crippen LogP contribution < -0.4 is 5.76 Å². The molecule has 0 spiro atoms. The molecule has 1 N–H and O–H groups in total. The number of hydrogen-bond acceptors (Lipinski definition) is 5. The van der Waals surface area contributed by atoms with Crippen molar-refractivity contribution in [3.63, 3.8) is 0 Å². The van der Waals surface area contributed by atoms with Crippen LogP contribution in [-0.4, -0.2) is 20.1 Å². The number of H-pyrrole nitrogens is 1. The van der Waals surface area contributed by atoms with Crippen molar-refractivity contribution in [1.29, 1.82) is 0 Å². The molecule has 24 heavy (non-hydrogen) atoms. The van der Waals surface area contributed by atoms with E-state index in [0.717, 1.165) is 6.07 Å². The fraction of sp³-hybridized carbons (Fsp3) is 0.143. The molecule has 6 nitrogen and oxygen atoms in total. The Bertz CT molecular complexity index is 936. The molecule has 0 saturated carbocycles. The van der Waals surface area contributed by atoms with Crippen molar-refractivity contribution in [3.8, 4) is 11.5 Å². The number of aromatic nitrogens is 4. The molecule has 0 atom stereocenters. The van der Waals surface area contributed by atoms with Crippen molar-refractivity contribution < 1.29 is 17.7 Å². The second-order valence-corrected chi connectivity index (χ2v) is 5.19. The van der Waals surface area contributed by atoms with Gasteiger partial charge in [-0.1, -0.05) is 22.8 Å². The number of benzene rings is 1. The summed E-state index contributed by atoms with van der Waals surface area (Å²) in [5, 5.41) is 3.13. The lowest BCUT2D eigenvalue weighted by Gasteiger charge is -2.11. The fourth-order valence-electron chi connectivity index (χ4n) is 2.12. The Labute approximate surface area is 137 Å². The number of aromatic amines is 1. The maximum atomic E-state index is 12.9. The van der Waals surface area contributed by atoms with E-state index < -0.39 is 17.5 Å². The summed E-state index contributed by atoms with van der Waals surface area (Å²) >= 11 is 5.60. The average Bonchev–Trinajstić information content (AvgIpc) is 2.95. The highest BCUT2D eigenvalue weighted by atomic mass is 35.5. The number of alkyl halides is 3. The van der Waals surface area contributed by atoms with Gasteiger partial charge >= 0.3 is 11.9 Å². The molecular formula is C14H8ClF3N4O2. The molecule has 0 aliphatic heterocycles. The first-order valence-corrected chi connectivity index (χ1v) is 6.94. The second-order valence-electron chi connectivity index (χ2n) is 4.78. The van der Waals surface area contributed by atoms with Crippen LogP contribution >= 0.6 is 11.6 Å². The Morgan fingerprint density at radius 3 is 2.62 bits per heavy atom. The Hall–Kier alpha value is -2.68. The molecule has 2 aromatic heterocycles. The van der Waals surface area contributed by atoms with E-state index in [1.807, 2.05) is 0 Å². The van der Waals surface area contributed by atoms with Crippen molar-refractivity contribution >= 4 is 11.6 Å². The van der Waals surface area contributed by atoms with Gasteiger partial charge in [0.05, 0.1) is 16.3 Å². The minimum Gasteiger partial charge on any atom is -0.296 e. The van der Waals surface area contributed by atoms with E-state index in [0.29, 0.717) is 11.3 Å². The topological polar surface area (TPSA) is 84.7 Å². The lowest BCUT2D eigenvalue weighted by molar-refractivity contribution is -0.137. The summed E-state index contributed by atoms with van der Waals surface area (Å²) in [6.45, 7) is 0. The Morgan fingerprint density at radius 1 is 1.21 bits per heavy atom. The molecule has 0 aliphatic rings. The highest BCUT2D eigenvalue weighted by Crippen LogP contribution is 2.35. The summed E-state index contributed by atoms with van der Waals surface area (Å²) in [7, 11) is 0. The van der Waals surface area contributed by atoms with Crippen LogP contribution in [0.25, 0.3) is 11.5 Å². The Balaban J connectivity index is 2.00. The Kier molecular flexibility index (Phi) is 4.10. The largest absolute Gasteiger partial charge is 0.439 e. The third kappa shape index (κ3) is 3.30. The molecule has 0 unspecified atom stereocenters. The van der Waals surface area contributed by atoms with Gasteiger partial charge in [-0.3, -0.25) is 14.5 Å². The number of hydrogen-bond donors (Lipinski definition) is 1. The standard InChI is InChI=1S/C14H8ClF3N4O2/c15-9-2-1-7(5-8(9)14(16,17)18)6-10-11(20-4-3-19-10)12-21-13(23)24-22-12/h1-5H,6H2,(H,21,22,23). The first-order chi connectivity index (χ1) is 11.3. The van der Waals surface area contributed by atoms with Gasteiger partial charge in [0.15, 0.2) is 0 Å². The Morgan fingerprint density at radius 2 is 1.96 bits per heavy atom. The van der Waals surface area contributed by atoms with Crippen molar-refractivity contribution in [1.82, 2.24) is 20.1 Å². The van der Waals surface area contributed by atoms with Gasteiger partial charge in [0.2, 0.25) is 5.82 Å². The fourth-order valence-corrected chi connectivity index (χ4v) is 2.34. The lowest BCUT2D eigenvalue weighted by Crippen LogP contribution is -2.07. The van der Waals surface area contributed by atoms with Crippen LogP contribution in [0.3, 0.4) is 0 Å². The van der Waals surface area contributed by atoms with Crippen LogP contribution in [0, 0.1) is 0 Å². The number of halogens is 4. The van der Waals surface area contributed by atoms with E-state index in [4.69, 9.17) is 11.6 Å². The lowest BCUT2D eigenvalue weighted by atomic mass is 10.0. The molecule has 0 radical (unpaired) electrons. The van der Waals surface area contributed by atoms with Crippen LogP contribution in [0.5, 0.6) is 0 Å². The highest BCUT2D eigenvalue weighted by Gasteiger charge is 2.33. The van der Waals surface area contributed by atoms with E-state index in [2.05, 4.69) is 24.6 Å². The molecule has 1 aromatic carbocycles.